The highest BCUT2D eigenvalue weighted by molar-refractivity contribution is 5.94. The Morgan fingerprint density at radius 2 is 1.75 bits per heavy atom. The van der Waals surface area contributed by atoms with E-state index in [1.165, 1.54) is 12.1 Å². The van der Waals surface area contributed by atoms with Gasteiger partial charge in [0.25, 0.3) is 5.91 Å². The standard InChI is InChI=1S/C12H15F3N2O2.ClH/c1-11(2,16)7-17-10(18)8-3-5-9(6-4-8)19-12(13,14)15;/h3-6H,7,16H2,1-2H3,(H,17,18);1H. The van der Waals surface area contributed by atoms with Gasteiger partial charge in [0.05, 0.1) is 0 Å². The van der Waals surface area contributed by atoms with Crippen molar-refractivity contribution >= 4 is 18.3 Å². The second kappa shape index (κ2) is 6.81. The minimum Gasteiger partial charge on any atom is -0.406 e. The topological polar surface area (TPSA) is 64.3 Å². The molecule has 0 saturated heterocycles. The number of hydrogen-bond acceptors (Lipinski definition) is 3. The first-order chi connectivity index (χ1) is 8.57. The van der Waals surface area contributed by atoms with Crippen molar-refractivity contribution in [3.63, 3.8) is 0 Å². The number of halogens is 4. The minimum absolute atomic E-state index is 0. The molecular weight excluding hydrogens is 297 g/mol. The number of ether oxygens (including phenoxy) is 1. The van der Waals surface area contributed by atoms with Crippen LogP contribution in [0.4, 0.5) is 13.2 Å². The smallest absolute Gasteiger partial charge is 0.406 e. The van der Waals surface area contributed by atoms with Gasteiger partial charge >= 0.3 is 6.36 Å². The Kier molecular flexibility index (Phi) is 6.31. The zero-order valence-electron chi connectivity index (χ0n) is 11.0. The summed E-state index contributed by atoms with van der Waals surface area (Å²) in [5, 5.41) is 2.58. The molecule has 1 rings (SSSR count). The van der Waals surface area contributed by atoms with Crippen molar-refractivity contribution in [2.24, 2.45) is 5.73 Å². The molecule has 1 aromatic rings. The maximum Gasteiger partial charge on any atom is 0.573 e. The number of nitrogens with two attached hydrogens (primary N) is 1. The highest BCUT2D eigenvalue weighted by Crippen LogP contribution is 2.22. The summed E-state index contributed by atoms with van der Waals surface area (Å²) in [5.74, 6) is -0.778. The van der Waals surface area contributed by atoms with Gasteiger partial charge in [-0.15, -0.1) is 25.6 Å². The molecule has 0 aliphatic carbocycles. The van der Waals surface area contributed by atoms with E-state index >= 15 is 0 Å². The second-order valence-electron chi connectivity index (χ2n) is 4.74. The summed E-state index contributed by atoms with van der Waals surface area (Å²) < 4.78 is 39.5. The van der Waals surface area contributed by atoms with Gasteiger partial charge in [0, 0.05) is 17.6 Å². The van der Waals surface area contributed by atoms with Gasteiger partial charge in [-0.3, -0.25) is 4.79 Å². The normalized spacial score (nSPS) is 11.5. The third-order valence-electron chi connectivity index (χ3n) is 2.05. The van der Waals surface area contributed by atoms with Crippen LogP contribution in [0.2, 0.25) is 0 Å². The quantitative estimate of drug-likeness (QED) is 0.897. The molecular formula is C12H16ClF3N2O2. The fraction of sp³-hybridized carbons (Fsp3) is 0.417. The Hall–Kier alpha value is -1.47. The maximum absolute atomic E-state index is 11.9. The van der Waals surface area contributed by atoms with Crippen molar-refractivity contribution < 1.29 is 22.7 Å². The van der Waals surface area contributed by atoms with E-state index in [1.807, 2.05) is 0 Å². The van der Waals surface area contributed by atoms with Crippen LogP contribution >= 0.6 is 12.4 Å². The summed E-state index contributed by atoms with van der Waals surface area (Å²) in [6.07, 6.45) is -4.74. The molecule has 0 fully saturated rings. The molecule has 0 aliphatic rings. The molecule has 0 heterocycles. The molecule has 3 N–H and O–H groups in total. The molecule has 0 spiro atoms. The summed E-state index contributed by atoms with van der Waals surface area (Å²) in [6.45, 7) is 3.74. The van der Waals surface area contributed by atoms with Crippen molar-refractivity contribution in [2.45, 2.75) is 25.7 Å². The zero-order chi connectivity index (χ0) is 14.7. The zero-order valence-corrected chi connectivity index (χ0v) is 11.8. The van der Waals surface area contributed by atoms with Gasteiger partial charge in [-0.1, -0.05) is 0 Å². The monoisotopic (exact) mass is 312 g/mol. The minimum atomic E-state index is -4.74. The van der Waals surface area contributed by atoms with Crippen LogP contribution in [0.1, 0.15) is 24.2 Å². The van der Waals surface area contributed by atoms with Gasteiger partial charge in [0.1, 0.15) is 5.75 Å². The van der Waals surface area contributed by atoms with E-state index in [2.05, 4.69) is 10.1 Å². The van der Waals surface area contributed by atoms with Crippen LogP contribution in [-0.2, 0) is 0 Å². The van der Waals surface area contributed by atoms with Gasteiger partial charge in [-0.2, -0.15) is 0 Å². The number of carbonyl (C=O) groups is 1. The second-order valence-corrected chi connectivity index (χ2v) is 4.74. The highest BCUT2D eigenvalue weighted by Gasteiger charge is 2.31. The Labute approximate surface area is 120 Å². The Morgan fingerprint density at radius 3 is 2.15 bits per heavy atom. The van der Waals surface area contributed by atoms with E-state index in [9.17, 15) is 18.0 Å². The lowest BCUT2D eigenvalue weighted by Gasteiger charge is -2.18. The first kappa shape index (κ1) is 18.5. The van der Waals surface area contributed by atoms with Crippen molar-refractivity contribution in [1.29, 1.82) is 0 Å². The summed E-state index contributed by atoms with van der Waals surface area (Å²) in [7, 11) is 0. The van der Waals surface area contributed by atoms with E-state index in [-0.39, 0.29) is 30.3 Å². The average Bonchev–Trinajstić information content (AvgIpc) is 2.23. The number of hydrogen-bond donors (Lipinski definition) is 2. The predicted molar refractivity (Wildman–Crippen MR) is 71.0 cm³/mol. The molecule has 1 aromatic carbocycles. The van der Waals surface area contributed by atoms with Crippen LogP contribution in [0.5, 0.6) is 5.75 Å². The van der Waals surface area contributed by atoms with Crippen LogP contribution in [0.25, 0.3) is 0 Å². The van der Waals surface area contributed by atoms with Gasteiger partial charge in [-0.05, 0) is 38.1 Å². The highest BCUT2D eigenvalue weighted by atomic mass is 35.5. The molecule has 0 unspecified atom stereocenters. The van der Waals surface area contributed by atoms with Crippen LogP contribution in [0.15, 0.2) is 24.3 Å². The number of amides is 1. The fourth-order valence-electron chi connectivity index (χ4n) is 1.22. The number of alkyl halides is 3. The summed E-state index contributed by atoms with van der Waals surface area (Å²) >= 11 is 0. The molecule has 0 atom stereocenters. The van der Waals surface area contributed by atoms with E-state index in [1.54, 1.807) is 13.8 Å². The van der Waals surface area contributed by atoms with Crippen LogP contribution in [-0.4, -0.2) is 24.4 Å². The van der Waals surface area contributed by atoms with Gasteiger partial charge < -0.3 is 15.8 Å². The number of benzene rings is 1. The molecule has 0 radical (unpaired) electrons. The van der Waals surface area contributed by atoms with Crippen molar-refractivity contribution in [1.82, 2.24) is 5.32 Å². The van der Waals surface area contributed by atoms with Crippen molar-refractivity contribution in [2.75, 3.05) is 6.54 Å². The Balaban J connectivity index is 0.00000361. The molecule has 4 nitrogen and oxygen atoms in total. The summed E-state index contributed by atoms with van der Waals surface area (Å²) in [6, 6.07) is 4.66. The molecule has 8 heteroatoms. The predicted octanol–water partition coefficient (Wildman–Crippen LogP) is 2.47. The molecule has 20 heavy (non-hydrogen) atoms. The first-order valence-electron chi connectivity index (χ1n) is 5.50. The number of nitrogens with one attached hydrogen (secondary N) is 1. The maximum atomic E-state index is 11.9. The third-order valence-corrected chi connectivity index (χ3v) is 2.05. The number of carbonyl (C=O) groups excluding carboxylic acids is 1. The first-order valence-corrected chi connectivity index (χ1v) is 5.50. The lowest BCUT2D eigenvalue weighted by molar-refractivity contribution is -0.274. The van der Waals surface area contributed by atoms with Crippen molar-refractivity contribution in [3.8, 4) is 5.75 Å². The number of rotatable bonds is 4. The Morgan fingerprint density at radius 1 is 1.25 bits per heavy atom. The van der Waals surface area contributed by atoms with E-state index in [0.717, 1.165) is 12.1 Å². The lowest BCUT2D eigenvalue weighted by atomic mass is 10.1. The largest absolute Gasteiger partial charge is 0.573 e. The molecule has 1 amide bonds. The van der Waals surface area contributed by atoms with Gasteiger partial charge in [0.2, 0.25) is 0 Å². The van der Waals surface area contributed by atoms with Gasteiger partial charge in [0.15, 0.2) is 0 Å². The van der Waals surface area contributed by atoms with E-state index in [4.69, 9.17) is 5.73 Å². The fourth-order valence-corrected chi connectivity index (χ4v) is 1.22. The molecule has 0 saturated carbocycles. The average molecular weight is 313 g/mol. The van der Waals surface area contributed by atoms with Crippen LogP contribution in [0.3, 0.4) is 0 Å². The van der Waals surface area contributed by atoms with Crippen LogP contribution in [0, 0.1) is 0 Å². The molecule has 0 aliphatic heterocycles. The van der Waals surface area contributed by atoms with Crippen molar-refractivity contribution in [3.05, 3.63) is 29.8 Å². The lowest BCUT2D eigenvalue weighted by Crippen LogP contribution is -2.45. The molecule has 114 valence electrons. The summed E-state index contributed by atoms with van der Waals surface area (Å²) in [5.41, 5.74) is 5.37. The molecule has 0 bridgehead atoms. The van der Waals surface area contributed by atoms with Gasteiger partial charge in [-0.25, -0.2) is 0 Å². The summed E-state index contributed by atoms with van der Waals surface area (Å²) in [4.78, 5) is 11.7. The SMILES string of the molecule is CC(C)(N)CNC(=O)c1ccc(OC(F)(F)F)cc1.Cl. The Bertz CT molecular complexity index is 442. The van der Waals surface area contributed by atoms with E-state index in [0.29, 0.717) is 0 Å². The third kappa shape index (κ3) is 7.20. The van der Waals surface area contributed by atoms with E-state index < -0.39 is 17.8 Å². The van der Waals surface area contributed by atoms with Crippen LogP contribution < -0.4 is 15.8 Å². The molecule has 0 aromatic heterocycles.